The summed E-state index contributed by atoms with van der Waals surface area (Å²) in [6.07, 6.45) is 0. The van der Waals surface area contributed by atoms with Crippen molar-refractivity contribution in [2.45, 2.75) is 17.0 Å². The number of amides is 1. The number of anilines is 1. The van der Waals surface area contributed by atoms with Gasteiger partial charge < -0.3 is 0 Å². The van der Waals surface area contributed by atoms with Crippen LogP contribution < -0.4 is 5.32 Å². The van der Waals surface area contributed by atoms with E-state index in [0.717, 1.165) is 23.8 Å². The van der Waals surface area contributed by atoms with Crippen LogP contribution in [-0.2, 0) is 5.75 Å². The van der Waals surface area contributed by atoms with Crippen LogP contribution >= 0.6 is 23.1 Å². The van der Waals surface area contributed by atoms with E-state index in [0.29, 0.717) is 15.0 Å². The van der Waals surface area contributed by atoms with E-state index in [9.17, 15) is 13.6 Å². The molecule has 0 bridgehead atoms. The Kier molecular flexibility index (Phi) is 5.40. The van der Waals surface area contributed by atoms with E-state index < -0.39 is 11.6 Å². The average molecular weight is 377 g/mol. The van der Waals surface area contributed by atoms with Crippen LogP contribution in [0.25, 0.3) is 0 Å². The van der Waals surface area contributed by atoms with E-state index in [4.69, 9.17) is 0 Å². The lowest BCUT2D eigenvalue weighted by Gasteiger charge is -2.01. The molecule has 25 heavy (non-hydrogen) atoms. The standard InChI is InChI=1S/C17H13F2N3OS2/c1-10-2-4-11(5-3-10)15(23)20-16-21-22-17(25-16)24-9-12-8-13(18)6-7-14(12)19/h2-8H,9H2,1H3,(H,20,21,23). The van der Waals surface area contributed by atoms with Crippen LogP contribution in [0.5, 0.6) is 0 Å². The van der Waals surface area contributed by atoms with Gasteiger partial charge >= 0.3 is 0 Å². The molecule has 3 rings (SSSR count). The van der Waals surface area contributed by atoms with E-state index >= 15 is 0 Å². The van der Waals surface area contributed by atoms with Gasteiger partial charge in [0.1, 0.15) is 11.6 Å². The van der Waals surface area contributed by atoms with Gasteiger partial charge in [0.15, 0.2) is 4.34 Å². The normalized spacial score (nSPS) is 10.7. The molecular formula is C17H13F2N3OS2. The molecule has 1 N–H and O–H groups in total. The minimum atomic E-state index is -0.486. The summed E-state index contributed by atoms with van der Waals surface area (Å²) in [4.78, 5) is 12.1. The Bertz CT molecular complexity index is 897. The number of rotatable bonds is 5. The second-order valence-corrected chi connectivity index (χ2v) is 7.42. The zero-order chi connectivity index (χ0) is 17.8. The lowest BCUT2D eigenvalue weighted by atomic mass is 10.1. The van der Waals surface area contributed by atoms with Crippen molar-refractivity contribution in [2.24, 2.45) is 0 Å². The Hall–Kier alpha value is -2.32. The maximum Gasteiger partial charge on any atom is 0.257 e. The fourth-order valence-electron chi connectivity index (χ4n) is 1.99. The Morgan fingerprint density at radius 1 is 1.16 bits per heavy atom. The number of carbonyl (C=O) groups is 1. The van der Waals surface area contributed by atoms with Crippen LogP contribution in [0, 0.1) is 18.6 Å². The molecule has 0 radical (unpaired) electrons. The molecule has 0 aliphatic rings. The van der Waals surface area contributed by atoms with Crippen molar-refractivity contribution in [3.63, 3.8) is 0 Å². The minimum Gasteiger partial charge on any atom is -0.296 e. The first-order chi connectivity index (χ1) is 12.0. The number of thioether (sulfide) groups is 1. The molecule has 3 aromatic rings. The number of aryl methyl sites for hydroxylation is 1. The first-order valence-corrected chi connectivity index (χ1v) is 9.10. The number of benzene rings is 2. The quantitative estimate of drug-likeness (QED) is 0.519. The summed E-state index contributed by atoms with van der Waals surface area (Å²) in [6, 6.07) is 10.5. The van der Waals surface area contributed by atoms with Crippen LogP contribution in [0.4, 0.5) is 13.9 Å². The summed E-state index contributed by atoms with van der Waals surface area (Å²) in [7, 11) is 0. The van der Waals surface area contributed by atoms with Gasteiger partial charge in [0, 0.05) is 16.9 Å². The molecule has 0 unspecified atom stereocenters. The summed E-state index contributed by atoms with van der Waals surface area (Å²) in [5.41, 5.74) is 1.85. The van der Waals surface area contributed by atoms with Crippen molar-refractivity contribution >= 4 is 34.1 Å². The minimum absolute atomic E-state index is 0.226. The highest BCUT2D eigenvalue weighted by atomic mass is 32.2. The monoisotopic (exact) mass is 377 g/mol. The third kappa shape index (κ3) is 4.61. The van der Waals surface area contributed by atoms with Crippen LogP contribution in [0.3, 0.4) is 0 Å². The molecule has 0 aliphatic carbocycles. The fourth-order valence-corrected chi connectivity index (χ4v) is 3.71. The molecule has 0 saturated carbocycles. The average Bonchev–Trinajstić information content (AvgIpc) is 3.03. The van der Waals surface area contributed by atoms with Crippen LogP contribution in [0.1, 0.15) is 21.5 Å². The van der Waals surface area contributed by atoms with Gasteiger partial charge in [-0.25, -0.2) is 8.78 Å². The molecule has 128 valence electrons. The van der Waals surface area contributed by atoms with Crippen molar-refractivity contribution in [2.75, 3.05) is 5.32 Å². The van der Waals surface area contributed by atoms with Gasteiger partial charge in [-0.05, 0) is 37.3 Å². The Morgan fingerprint density at radius 3 is 2.68 bits per heavy atom. The van der Waals surface area contributed by atoms with Crippen LogP contribution in [0.2, 0.25) is 0 Å². The summed E-state index contributed by atoms with van der Waals surface area (Å²) in [5, 5.41) is 10.9. The Labute approximate surface area is 151 Å². The second-order valence-electron chi connectivity index (χ2n) is 5.22. The number of nitrogens with zero attached hydrogens (tertiary/aromatic N) is 2. The number of halogens is 2. The van der Waals surface area contributed by atoms with Crippen molar-refractivity contribution in [3.8, 4) is 0 Å². The van der Waals surface area contributed by atoms with Gasteiger partial charge in [-0.3, -0.25) is 10.1 Å². The van der Waals surface area contributed by atoms with Crippen molar-refractivity contribution in [1.82, 2.24) is 10.2 Å². The molecular weight excluding hydrogens is 364 g/mol. The number of hydrogen-bond acceptors (Lipinski definition) is 5. The number of nitrogens with one attached hydrogen (secondary N) is 1. The van der Waals surface area contributed by atoms with Gasteiger partial charge in [0.2, 0.25) is 5.13 Å². The summed E-state index contributed by atoms with van der Waals surface area (Å²) < 4.78 is 27.3. The van der Waals surface area contributed by atoms with Gasteiger partial charge in [-0.1, -0.05) is 40.8 Å². The zero-order valence-electron chi connectivity index (χ0n) is 13.1. The zero-order valence-corrected chi connectivity index (χ0v) is 14.8. The number of hydrogen-bond donors (Lipinski definition) is 1. The molecule has 4 nitrogen and oxygen atoms in total. The van der Waals surface area contributed by atoms with E-state index in [1.807, 2.05) is 19.1 Å². The predicted octanol–water partition coefficient (Wildman–Crippen LogP) is 4.67. The highest BCUT2D eigenvalue weighted by molar-refractivity contribution is 8.00. The van der Waals surface area contributed by atoms with Gasteiger partial charge in [0.05, 0.1) is 0 Å². The molecule has 0 aliphatic heterocycles. The third-order valence-electron chi connectivity index (χ3n) is 3.30. The third-order valence-corrected chi connectivity index (χ3v) is 5.32. The van der Waals surface area contributed by atoms with Crippen LogP contribution in [-0.4, -0.2) is 16.1 Å². The predicted molar refractivity (Wildman–Crippen MR) is 95.0 cm³/mol. The maximum absolute atomic E-state index is 13.6. The number of aromatic nitrogens is 2. The van der Waals surface area contributed by atoms with Crippen molar-refractivity contribution in [3.05, 3.63) is 70.8 Å². The fraction of sp³-hybridized carbons (Fsp3) is 0.118. The highest BCUT2D eigenvalue weighted by Gasteiger charge is 2.12. The molecule has 1 aromatic heterocycles. The topological polar surface area (TPSA) is 54.9 Å². The molecule has 1 heterocycles. The first kappa shape index (κ1) is 17.5. The highest BCUT2D eigenvalue weighted by Crippen LogP contribution is 2.29. The van der Waals surface area contributed by atoms with Crippen LogP contribution in [0.15, 0.2) is 46.8 Å². The summed E-state index contributed by atoms with van der Waals surface area (Å²) in [6.45, 7) is 1.94. The molecule has 0 atom stereocenters. The van der Waals surface area contributed by atoms with Crippen molar-refractivity contribution < 1.29 is 13.6 Å². The second kappa shape index (κ2) is 7.71. The smallest absolute Gasteiger partial charge is 0.257 e. The maximum atomic E-state index is 13.6. The largest absolute Gasteiger partial charge is 0.296 e. The van der Waals surface area contributed by atoms with E-state index in [2.05, 4.69) is 15.5 Å². The Morgan fingerprint density at radius 2 is 1.92 bits per heavy atom. The van der Waals surface area contributed by atoms with Gasteiger partial charge in [-0.15, -0.1) is 10.2 Å². The molecule has 0 spiro atoms. The SMILES string of the molecule is Cc1ccc(C(=O)Nc2nnc(SCc3cc(F)ccc3F)s2)cc1. The molecule has 0 saturated heterocycles. The summed E-state index contributed by atoms with van der Waals surface area (Å²) in [5.74, 6) is -1.00. The van der Waals surface area contributed by atoms with E-state index in [1.54, 1.807) is 12.1 Å². The number of carbonyl (C=O) groups excluding carboxylic acids is 1. The van der Waals surface area contributed by atoms with E-state index in [1.165, 1.54) is 23.1 Å². The van der Waals surface area contributed by atoms with Crippen molar-refractivity contribution in [1.29, 1.82) is 0 Å². The lowest BCUT2D eigenvalue weighted by molar-refractivity contribution is 0.102. The van der Waals surface area contributed by atoms with Gasteiger partial charge in [-0.2, -0.15) is 0 Å². The first-order valence-electron chi connectivity index (χ1n) is 7.29. The Balaban J connectivity index is 1.61. The summed E-state index contributed by atoms with van der Waals surface area (Å²) >= 11 is 2.41. The molecule has 0 fully saturated rings. The molecule has 2 aromatic carbocycles. The molecule has 1 amide bonds. The van der Waals surface area contributed by atoms with E-state index in [-0.39, 0.29) is 17.2 Å². The lowest BCUT2D eigenvalue weighted by Crippen LogP contribution is -2.11. The van der Waals surface area contributed by atoms with Gasteiger partial charge in [0.25, 0.3) is 5.91 Å². The molecule has 8 heteroatoms.